The second-order valence-corrected chi connectivity index (χ2v) is 4.95. The number of rotatable bonds is 4. The van der Waals surface area contributed by atoms with Gasteiger partial charge in [0.1, 0.15) is 5.82 Å². The minimum atomic E-state index is 0.0250. The van der Waals surface area contributed by atoms with Gasteiger partial charge in [0.05, 0.1) is 0 Å². The minimum Gasteiger partial charge on any atom is -0.330 e. The number of aromatic nitrogens is 1. The van der Waals surface area contributed by atoms with Gasteiger partial charge in [-0.25, -0.2) is 4.98 Å². The number of hydrogen-bond donors (Lipinski definition) is 2. The van der Waals surface area contributed by atoms with Gasteiger partial charge >= 0.3 is 0 Å². The lowest BCUT2D eigenvalue weighted by Crippen LogP contribution is -2.40. The number of nitrogens with two attached hydrogens (primary N) is 1. The minimum absolute atomic E-state index is 0.0250. The van der Waals surface area contributed by atoms with E-state index in [1.165, 1.54) is 6.42 Å². The zero-order valence-corrected chi connectivity index (χ0v) is 10.2. The highest BCUT2D eigenvalue weighted by Crippen LogP contribution is 2.43. The number of carbonyl (C=O) groups is 1. The summed E-state index contributed by atoms with van der Waals surface area (Å²) < 4.78 is 0. The van der Waals surface area contributed by atoms with E-state index < -0.39 is 0 Å². The molecule has 1 heterocycles. The van der Waals surface area contributed by atoms with Crippen LogP contribution in [0.3, 0.4) is 0 Å². The van der Waals surface area contributed by atoms with Crippen LogP contribution < -0.4 is 11.1 Å². The Balaban J connectivity index is 1.96. The van der Waals surface area contributed by atoms with Gasteiger partial charge in [0.25, 0.3) is 0 Å². The quantitative estimate of drug-likeness (QED) is 0.834. The lowest BCUT2D eigenvalue weighted by molar-refractivity contribution is -0.119. The van der Waals surface area contributed by atoms with Crippen LogP contribution in [0.2, 0.25) is 0 Å². The summed E-state index contributed by atoms with van der Waals surface area (Å²) in [5.41, 5.74) is 6.78. The van der Waals surface area contributed by atoms with E-state index in [-0.39, 0.29) is 11.3 Å². The Morgan fingerprint density at radius 1 is 1.59 bits per heavy atom. The maximum Gasteiger partial charge on any atom is 0.226 e. The average Bonchev–Trinajstić information content (AvgIpc) is 2.27. The van der Waals surface area contributed by atoms with Gasteiger partial charge in [-0.1, -0.05) is 12.5 Å². The molecule has 1 amide bonds. The Morgan fingerprint density at radius 3 is 2.88 bits per heavy atom. The van der Waals surface area contributed by atoms with Crippen LogP contribution in [-0.4, -0.2) is 17.4 Å². The SMILES string of the molecule is Cc1cccnc1NC(=O)CC1(CN)CCC1. The van der Waals surface area contributed by atoms with Crippen molar-refractivity contribution in [3.63, 3.8) is 0 Å². The van der Waals surface area contributed by atoms with Crippen LogP contribution in [0.1, 0.15) is 31.2 Å². The molecule has 2 rings (SSSR count). The van der Waals surface area contributed by atoms with E-state index in [1.54, 1.807) is 6.20 Å². The first-order chi connectivity index (χ1) is 8.15. The number of nitrogens with one attached hydrogen (secondary N) is 1. The average molecular weight is 233 g/mol. The Morgan fingerprint density at radius 2 is 2.35 bits per heavy atom. The maximum absolute atomic E-state index is 11.9. The molecular weight excluding hydrogens is 214 g/mol. The highest BCUT2D eigenvalue weighted by atomic mass is 16.1. The van der Waals surface area contributed by atoms with Crippen LogP contribution in [0.4, 0.5) is 5.82 Å². The van der Waals surface area contributed by atoms with Gasteiger partial charge in [-0.15, -0.1) is 0 Å². The molecule has 1 fully saturated rings. The fraction of sp³-hybridized carbons (Fsp3) is 0.538. The monoisotopic (exact) mass is 233 g/mol. The molecule has 0 aliphatic heterocycles. The molecule has 1 aromatic rings. The van der Waals surface area contributed by atoms with Crippen molar-refractivity contribution in [2.45, 2.75) is 32.6 Å². The van der Waals surface area contributed by atoms with Gasteiger partial charge in [-0.05, 0) is 43.4 Å². The number of pyridine rings is 1. The molecule has 92 valence electrons. The van der Waals surface area contributed by atoms with Crippen LogP contribution in [0.5, 0.6) is 0 Å². The van der Waals surface area contributed by atoms with E-state index in [1.807, 2.05) is 19.1 Å². The van der Waals surface area contributed by atoms with Crippen LogP contribution in [0.25, 0.3) is 0 Å². The summed E-state index contributed by atoms with van der Waals surface area (Å²) in [5, 5.41) is 2.86. The first-order valence-electron chi connectivity index (χ1n) is 6.07. The van der Waals surface area contributed by atoms with Crippen molar-refractivity contribution < 1.29 is 4.79 Å². The molecule has 0 saturated heterocycles. The maximum atomic E-state index is 11.9. The highest BCUT2D eigenvalue weighted by Gasteiger charge is 2.37. The van der Waals surface area contributed by atoms with Crippen LogP contribution in [-0.2, 0) is 4.79 Å². The largest absolute Gasteiger partial charge is 0.330 e. The fourth-order valence-corrected chi connectivity index (χ4v) is 2.26. The second-order valence-electron chi connectivity index (χ2n) is 4.95. The van der Waals surface area contributed by atoms with Crippen LogP contribution in [0, 0.1) is 12.3 Å². The van der Waals surface area contributed by atoms with Crippen molar-refractivity contribution in [1.82, 2.24) is 4.98 Å². The van der Waals surface area contributed by atoms with Crippen molar-refractivity contribution in [2.75, 3.05) is 11.9 Å². The van der Waals surface area contributed by atoms with Crippen molar-refractivity contribution in [2.24, 2.45) is 11.1 Å². The molecule has 0 aromatic carbocycles. The lowest BCUT2D eigenvalue weighted by atomic mass is 9.66. The number of nitrogens with zero attached hydrogens (tertiary/aromatic N) is 1. The molecule has 0 radical (unpaired) electrons. The Kier molecular flexibility index (Phi) is 3.43. The molecule has 4 heteroatoms. The molecule has 1 saturated carbocycles. The molecule has 4 nitrogen and oxygen atoms in total. The molecule has 0 spiro atoms. The zero-order valence-electron chi connectivity index (χ0n) is 10.2. The molecule has 1 aromatic heterocycles. The number of anilines is 1. The van der Waals surface area contributed by atoms with E-state index in [4.69, 9.17) is 5.73 Å². The fourth-order valence-electron chi connectivity index (χ4n) is 2.26. The van der Waals surface area contributed by atoms with E-state index in [2.05, 4.69) is 10.3 Å². The van der Waals surface area contributed by atoms with Crippen molar-refractivity contribution in [1.29, 1.82) is 0 Å². The van der Waals surface area contributed by atoms with Gasteiger partial charge < -0.3 is 11.1 Å². The van der Waals surface area contributed by atoms with Crippen molar-refractivity contribution >= 4 is 11.7 Å². The molecule has 1 aliphatic carbocycles. The normalized spacial score (nSPS) is 17.3. The Bertz CT molecular complexity index is 407. The summed E-state index contributed by atoms with van der Waals surface area (Å²) >= 11 is 0. The van der Waals surface area contributed by atoms with Gasteiger partial charge in [-0.3, -0.25) is 4.79 Å². The van der Waals surface area contributed by atoms with Gasteiger partial charge in [-0.2, -0.15) is 0 Å². The number of aryl methyl sites for hydroxylation is 1. The third kappa shape index (κ3) is 2.64. The molecule has 17 heavy (non-hydrogen) atoms. The lowest BCUT2D eigenvalue weighted by Gasteiger charge is -2.40. The topological polar surface area (TPSA) is 68.0 Å². The van der Waals surface area contributed by atoms with E-state index in [0.717, 1.165) is 18.4 Å². The Labute approximate surface area is 102 Å². The summed E-state index contributed by atoms with van der Waals surface area (Å²) in [6.45, 7) is 2.53. The Hall–Kier alpha value is -1.42. The summed E-state index contributed by atoms with van der Waals surface area (Å²) in [5.74, 6) is 0.681. The molecule has 1 aliphatic rings. The zero-order chi connectivity index (χ0) is 12.3. The molecule has 3 N–H and O–H groups in total. The molecule has 0 unspecified atom stereocenters. The van der Waals surface area contributed by atoms with Crippen LogP contribution in [0.15, 0.2) is 18.3 Å². The predicted molar refractivity (Wildman–Crippen MR) is 67.6 cm³/mol. The van der Waals surface area contributed by atoms with Gasteiger partial charge in [0.2, 0.25) is 5.91 Å². The standard InChI is InChI=1S/C13H19N3O/c1-10-4-2-7-15-12(10)16-11(17)8-13(9-14)5-3-6-13/h2,4,7H,3,5-6,8-9,14H2,1H3,(H,15,16,17). The van der Waals surface area contributed by atoms with E-state index in [9.17, 15) is 4.79 Å². The predicted octanol–water partition coefficient (Wildman–Crippen LogP) is 1.85. The smallest absolute Gasteiger partial charge is 0.226 e. The van der Waals surface area contributed by atoms with E-state index in [0.29, 0.717) is 18.8 Å². The number of carbonyl (C=O) groups excluding carboxylic acids is 1. The first kappa shape index (κ1) is 12.0. The molecule has 0 atom stereocenters. The second kappa shape index (κ2) is 4.84. The summed E-state index contributed by atoms with van der Waals surface area (Å²) in [6.07, 6.45) is 5.52. The summed E-state index contributed by atoms with van der Waals surface area (Å²) in [4.78, 5) is 16.1. The summed E-state index contributed by atoms with van der Waals surface area (Å²) in [6, 6.07) is 3.79. The van der Waals surface area contributed by atoms with Crippen molar-refractivity contribution in [3.05, 3.63) is 23.9 Å². The number of hydrogen-bond acceptors (Lipinski definition) is 3. The summed E-state index contributed by atoms with van der Waals surface area (Å²) in [7, 11) is 0. The van der Waals surface area contributed by atoms with Crippen LogP contribution >= 0.6 is 0 Å². The molecular formula is C13H19N3O. The molecule has 0 bridgehead atoms. The third-order valence-corrected chi connectivity index (χ3v) is 3.65. The van der Waals surface area contributed by atoms with Crippen molar-refractivity contribution in [3.8, 4) is 0 Å². The number of amides is 1. The highest BCUT2D eigenvalue weighted by molar-refractivity contribution is 5.90. The third-order valence-electron chi connectivity index (χ3n) is 3.65. The van der Waals surface area contributed by atoms with Gasteiger partial charge in [0, 0.05) is 12.6 Å². The van der Waals surface area contributed by atoms with Gasteiger partial charge in [0.15, 0.2) is 0 Å². The van der Waals surface area contributed by atoms with E-state index >= 15 is 0 Å². The first-order valence-corrected chi connectivity index (χ1v) is 6.07.